The first-order chi connectivity index (χ1) is 9.88. The van der Waals surface area contributed by atoms with Crippen molar-refractivity contribution in [3.63, 3.8) is 0 Å². The first-order valence-electron chi connectivity index (χ1n) is 6.21. The molecule has 2 aromatic carbocycles. The zero-order chi connectivity index (χ0) is 15.6. The third kappa shape index (κ3) is 3.22. The Bertz CT molecular complexity index is 729. The second kappa shape index (κ2) is 5.70. The minimum absolute atomic E-state index is 0.00837. The van der Waals surface area contributed by atoms with Gasteiger partial charge in [0.25, 0.3) is 11.6 Å². The van der Waals surface area contributed by atoms with Crippen LogP contribution >= 0.6 is 0 Å². The van der Waals surface area contributed by atoms with Crippen molar-refractivity contribution in [1.82, 2.24) is 0 Å². The number of benzene rings is 2. The highest BCUT2D eigenvalue weighted by molar-refractivity contribution is 6.05. The molecule has 0 radical (unpaired) electrons. The summed E-state index contributed by atoms with van der Waals surface area (Å²) in [6.45, 7) is 3.23. The van der Waals surface area contributed by atoms with Crippen molar-refractivity contribution < 1.29 is 14.1 Å². The second-order valence-electron chi connectivity index (χ2n) is 4.67. The Labute approximate surface area is 120 Å². The van der Waals surface area contributed by atoms with Crippen LogP contribution in [-0.2, 0) is 0 Å². The van der Waals surface area contributed by atoms with E-state index in [0.29, 0.717) is 22.4 Å². The van der Waals surface area contributed by atoms with Gasteiger partial charge in [0.1, 0.15) is 5.82 Å². The number of nitrogens with one attached hydrogen (secondary N) is 1. The summed E-state index contributed by atoms with van der Waals surface area (Å²) < 4.78 is 13.0. The number of nitro groups is 1. The molecule has 0 heterocycles. The smallest absolute Gasteiger partial charge is 0.272 e. The van der Waals surface area contributed by atoms with Crippen molar-refractivity contribution in [3.05, 3.63) is 69.0 Å². The number of amides is 1. The van der Waals surface area contributed by atoms with Crippen molar-refractivity contribution in [1.29, 1.82) is 0 Å². The van der Waals surface area contributed by atoms with Gasteiger partial charge in [0.2, 0.25) is 0 Å². The number of hydrogen-bond acceptors (Lipinski definition) is 3. The largest absolute Gasteiger partial charge is 0.322 e. The summed E-state index contributed by atoms with van der Waals surface area (Å²) in [5.74, 6) is -0.795. The molecule has 0 saturated heterocycles. The molecule has 0 spiro atoms. The number of halogens is 1. The lowest BCUT2D eigenvalue weighted by atomic mass is 10.1. The van der Waals surface area contributed by atoms with E-state index in [1.165, 1.54) is 36.4 Å². The third-order valence-corrected chi connectivity index (χ3v) is 3.08. The van der Waals surface area contributed by atoms with Crippen LogP contribution < -0.4 is 5.32 Å². The minimum Gasteiger partial charge on any atom is -0.322 e. The van der Waals surface area contributed by atoms with Gasteiger partial charge in [0, 0.05) is 22.9 Å². The SMILES string of the molecule is Cc1cc(F)ccc1C(=O)Nc1ccc([N+](=O)[O-])c(C)c1. The van der Waals surface area contributed by atoms with Crippen LogP contribution in [0.25, 0.3) is 0 Å². The Morgan fingerprint density at radius 2 is 1.86 bits per heavy atom. The Morgan fingerprint density at radius 1 is 1.14 bits per heavy atom. The number of carbonyl (C=O) groups excluding carboxylic acids is 1. The van der Waals surface area contributed by atoms with Crippen molar-refractivity contribution in [2.75, 3.05) is 5.32 Å². The summed E-state index contributed by atoms with van der Waals surface area (Å²) in [4.78, 5) is 22.4. The molecule has 0 aromatic heterocycles. The minimum atomic E-state index is -0.481. The zero-order valence-electron chi connectivity index (χ0n) is 11.5. The van der Waals surface area contributed by atoms with Crippen LogP contribution in [0.15, 0.2) is 36.4 Å². The number of nitrogens with zero attached hydrogens (tertiary/aromatic N) is 1. The standard InChI is InChI=1S/C15H13FN2O3/c1-9-7-11(16)3-5-13(9)15(19)17-12-4-6-14(18(20)21)10(2)8-12/h3-8H,1-2H3,(H,17,19). The molecule has 108 valence electrons. The topological polar surface area (TPSA) is 72.2 Å². The number of hydrogen-bond donors (Lipinski definition) is 1. The molecule has 2 rings (SSSR count). The highest BCUT2D eigenvalue weighted by atomic mass is 19.1. The van der Waals surface area contributed by atoms with Gasteiger partial charge in [-0.2, -0.15) is 0 Å². The van der Waals surface area contributed by atoms with Gasteiger partial charge in [0.05, 0.1) is 4.92 Å². The second-order valence-corrected chi connectivity index (χ2v) is 4.67. The van der Waals surface area contributed by atoms with Crippen LogP contribution in [0, 0.1) is 29.8 Å². The van der Waals surface area contributed by atoms with Crippen molar-refractivity contribution in [2.45, 2.75) is 13.8 Å². The van der Waals surface area contributed by atoms with Crippen LogP contribution in [0.3, 0.4) is 0 Å². The van der Waals surface area contributed by atoms with Crippen LogP contribution in [0.4, 0.5) is 15.8 Å². The molecule has 0 bridgehead atoms. The first kappa shape index (κ1) is 14.6. The van der Waals surface area contributed by atoms with E-state index in [4.69, 9.17) is 0 Å². The molecule has 5 nitrogen and oxygen atoms in total. The van der Waals surface area contributed by atoms with E-state index in [1.807, 2.05) is 0 Å². The average Bonchev–Trinajstić information content (AvgIpc) is 2.37. The highest BCUT2D eigenvalue weighted by Gasteiger charge is 2.13. The van der Waals surface area contributed by atoms with Gasteiger partial charge in [-0.15, -0.1) is 0 Å². The summed E-state index contributed by atoms with van der Waals surface area (Å²) in [7, 11) is 0. The van der Waals surface area contributed by atoms with Gasteiger partial charge in [-0.05, 0) is 49.7 Å². The number of aryl methyl sites for hydroxylation is 2. The van der Waals surface area contributed by atoms with Gasteiger partial charge >= 0.3 is 0 Å². The van der Waals surface area contributed by atoms with E-state index in [1.54, 1.807) is 13.8 Å². The summed E-state index contributed by atoms with van der Waals surface area (Å²) in [5, 5.41) is 13.4. The molecule has 6 heteroatoms. The molecule has 1 amide bonds. The summed E-state index contributed by atoms with van der Waals surface area (Å²) in [6.07, 6.45) is 0. The zero-order valence-corrected chi connectivity index (χ0v) is 11.5. The number of anilines is 1. The van der Waals surface area contributed by atoms with Gasteiger partial charge in [-0.3, -0.25) is 14.9 Å². The van der Waals surface area contributed by atoms with Crippen LogP contribution in [0.2, 0.25) is 0 Å². The maximum Gasteiger partial charge on any atom is 0.272 e. The lowest BCUT2D eigenvalue weighted by Crippen LogP contribution is -2.13. The van der Waals surface area contributed by atoms with E-state index in [0.717, 1.165) is 0 Å². The Morgan fingerprint density at radius 3 is 2.43 bits per heavy atom. The van der Waals surface area contributed by atoms with E-state index in [9.17, 15) is 19.3 Å². The predicted octanol–water partition coefficient (Wildman–Crippen LogP) is 3.60. The molecule has 2 aromatic rings. The molecule has 21 heavy (non-hydrogen) atoms. The van der Waals surface area contributed by atoms with Crippen LogP contribution in [0.5, 0.6) is 0 Å². The van der Waals surface area contributed by atoms with E-state index in [-0.39, 0.29) is 11.6 Å². The predicted molar refractivity (Wildman–Crippen MR) is 76.9 cm³/mol. The van der Waals surface area contributed by atoms with Crippen molar-refractivity contribution in [2.24, 2.45) is 0 Å². The lowest BCUT2D eigenvalue weighted by Gasteiger charge is -2.08. The average molecular weight is 288 g/mol. The number of rotatable bonds is 3. The quantitative estimate of drug-likeness (QED) is 0.692. The number of carbonyl (C=O) groups is 1. The molecule has 0 aliphatic carbocycles. The Balaban J connectivity index is 2.23. The lowest BCUT2D eigenvalue weighted by molar-refractivity contribution is -0.385. The molecule has 0 atom stereocenters. The van der Waals surface area contributed by atoms with Gasteiger partial charge in [0.15, 0.2) is 0 Å². The summed E-state index contributed by atoms with van der Waals surface area (Å²) in [5.41, 5.74) is 1.77. The molecule has 0 unspecified atom stereocenters. The molecule has 0 saturated carbocycles. The molecule has 0 aliphatic rings. The van der Waals surface area contributed by atoms with Gasteiger partial charge in [-0.25, -0.2) is 4.39 Å². The monoisotopic (exact) mass is 288 g/mol. The van der Waals surface area contributed by atoms with Crippen molar-refractivity contribution in [3.8, 4) is 0 Å². The summed E-state index contributed by atoms with van der Waals surface area (Å²) >= 11 is 0. The van der Waals surface area contributed by atoms with Gasteiger partial charge < -0.3 is 5.32 Å². The number of nitro benzene ring substituents is 1. The van der Waals surface area contributed by atoms with Crippen LogP contribution in [0.1, 0.15) is 21.5 Å². The molecule has 1 N–H and O–H groups in total. The molecule has 0 fully saturated rings. The first-order valence-corrected chi connectivity index (χ1v) is 6.21. The van der Waals surface area contributed by atoms with E-state index >= 15 is 0 Å². The normalized spacial score (nSPS) is 10.2. The van der Waals surface area contributed by atoms with E-state index < -0.39 is 10.7 Å². The fourth-order valence-corrected chi connectivity index (χ4v) is 2.02. The Hall–Kier alpha value is -2.76. The molecular weight excluding hydrogens is 275 g/mol. The maximum absolute atomic E-state index is 13.0. The molecular formula is C15H13FN2O3. The fourth-order valence-electron chi connectivity index (χ4n) is 2.02. The third-order valence-electron chi connectivity index (χ3n) is 3.08. The van der Waals surface area contributed by atoms with Gasteiger partial charge in [-0.1, -0.05) is 0 Å². The fraction of sp³-hybridized carbons (Fsp3) is 0.133. The maximum atomic E-state index is 13.0. The summed E-state index contributed by atoms with van der Waals surface area (Å²) in [6, 6.07) is 8.20. The molecule has 0 aliphatic heterocycles. The highest BCUT2D eigenvalue weighted by Crippen LogP contribution is 2.22. The van der Waals surface area contributed by atoms with E-state index in [2.05, 4.69) is 5.32 Å². The Kier molecular flexibility index (Phi) is 3.98. The van der Waals surface area contributed by atoms with Crippen LogP contribution in [-0.4, -0.2) is 10.8 Å². The van der Waals surface area contributed by atoms with Crippen molar-refractivity contribution >= 4 is 17.3 Å².